The van der Waals surface area contributed by atoms with Crippen LogP contribution in [0.4, 0.5) is 13.2 Å². The van der Waals surface area contributed by atoms with Gasteiger partial charge in [-0.15, -0.1) is 0 Å². The van der Waals surface area contributed by atoms with E-state index >= 15 is 0 Å². The number of aliphatic hydroxyl groups excluding tert-OH is 1. The third-order valence-corrected chi connectivity index (χ3v) is 3.03. The van der Waals surface area contributed by atoms with Crippen LogP contribution in [0.25, 0.3) is 0 Å². The van der Waals surface area contributed by atoms with E-state index < -0.39 is 11.6 Å². The lowest BCUT2D eigenvalue weighted by Crippen LogP contribution is -2.08. The van der Waals surface area contributed by atoms with Crippen LogP contribution in [0.3, 0.4) is 0 Å². The Morgan fingerprint density at radius 3 is 2.16 bits per heavy atom. The highest BCUT2D eigenvalue weighted by Gasteiger charge is 2.13. The first-order chi connectivity index (χ1) is 9.10. The molecule has 0 spiro atoms. The summed E-state index contributed by atoms with van der Waals surface area (Å²) in [6.45, 7) is -0.148. The zero-order chi connectivity index (χ0) is 13.8. The number of hydrogen-bond donors (Lipinski definition) is 1. The van der Waals surface area contributed by atoms with Crippen LogP contribution < -0.4 is 0 Å². The van der Waals surface area contributed by atoms with E-state index in [2.05, 4.69) is 0 Å². The van der Waals surface area contributed by atoms with E-state index in [1.807, 2.05) is 0 Å². The molecule has 0 aromatic heterocycles. The summed E-state index contributed by atoms with van der Waals surface area (Å²) >= 11 is 0. The highest BCUT2D eigenvalue weighted by molar-refractivity contribution is 5.25. The molecule has 0 radical (unpaired) electrons. The second-order valence-corrected chi connectivity index (χ2v) is 4.38. The zero-order valence-electron chi connectivity index (χ0n) is 10.1. The Morgan fingerprint density at radius 2 is 1.58 bits per heavy atom. The molecule has 1 atom stereocenters. The maximum absolute atomic E-state index is 13.1. The van der Waals surface area contributed by atoms with Gasteiger partial charge in [0.15, 0.2) is 11.6 Å². The Labute approximate surface area is 109 Å². The van der Waals surface area contributed by atoms with Gasteiger partial charge in [-0.25, -0.2) is 13.2 Å². The monoisotopic (exact) mass is 266 g/mol. The van der Waals surface area contributed by atoms with Crippen LogP contribution in [-0.4, -0.2) is 11.7 Å². The van der Waals surface area contributed by atoms with Gasteiger partial charge < -0.3 is 5.11 Å². The second kappa shape index (κ2) is 5.89. The minimum atomic E-state index is -0.909. The predicted molar refractivity (Wildman–Crippen MR) is 66.3 cm³/mol. The van der Waals surface area contributed by atoms with Crippen LogP contribution in [0.15, 0.2) is 42.5 Å². The SMILES string of the molecule is OCC(Cc1ccc(F)c(F)c1)c1ccc(F)cc1. The second-order valence-electron chi connectivity index (χ2n) is 4.38. The smallest absolute Gasteiger partial charge is 0.159 e. The molecule has 2 aromatic rings. The summed E-state index contributed by atoms with van der Waals surface area (Å²) in [5.74, 6) is -2.43. The van der Waals surface area contributed by atoms with Crippen LogP contribution in [0.5, 0.6) is 0 Å². The molecule has 19 heavy (non-hydrogen) atoms. The summed E-state index contributed by atoms with van der Waals surface area (Å²) in [4.78, 5) is 0. The highest BCUT2D eigenvalue weighted by Crippen LogP contribution is 2.22. The minimum Gasteiger partial charge on any atom is -0.396 e. The molecule has 0 aliphatic heterocycles. The van der Waals surface area contributed by atoms with Gasteiger partial charge in [-0.1, -0.05) is 18.2 Å². The van der Waals surface area contributed by atoms with E-state index in [0.29, 0.717) is 12.0 Å². The Bertz CT molecular complexity index is 552. The van der Waals surface area contributed by atoms with Crippen LogP contribution in [0, 0.1) is 17.5 Å². The van der Waals surface area contributed by atoms with Gasteiger partial charge in [0.25, 0.3) is 0 Å². The quantitative estimate of drug-likeness (QED) is 0.899. The summed E-state index contributed by atoms with van der Waals surface area (Å²) in [5, 5.41) is 9.37. The van der Waals surface area contributed by atoms with E-state index in [0.717, 1.165) is 17.7 Å². The van der Waals surface area contributed by atoms with Crippen LogP contribution in [0.2, 0.25) is 0 Å². The average molecular weight is 266 g/mol. The van der Waals surface area contributed by atoms with Gasteiger partial charge in [-0.2, -0.15) is 0 Å². The zero-order valence-corrected chi connectivity index (χ0v) is 10.1. The lowest BCUT2D eigenvalue weighted by atomic mass is 9.92. The predicted octanol–water partition coefficient (Wildman–Crippen LogP) is 3.42. The Morgan fingerprint density at radius 1 is 0.895 bits per heavy atom. The van der Waals surface area contributed by atoms with Crippen LogP contribution in [0.1, 0.15) is 17.0 Å². The molecule has 0 saturated heterocycles. The van der Waals surface area contributed by atoms with Gasteiger partial charge in [0.1, 0.15) is 5.82 Å². The van der Waals surface area contributed by atoms with Crippen molar-refractivity contribution in [1.29, 1.82) is 0 Å². The third-order valence-electron chi connectivity index (χ3n) is 3.03. The third kappa shape index (κ3) is 3.35. The van der Waals surface area contributed by atoms with Crippen LogP contribution in [-0.2, 0) is 6.42 Å². The topological polar surface area (TPSA) is 20.2 Å². The summed E-state index contributed by atoms with van der Waals surface area (Å²) in [5.41, 5.74) is 1.34. The van der Waals surface area contributed by atoms with Gasteiger partial charge in [0.2, 0.25) is 0 Å². The van der Waals surface area contributed by atoms with Crippen molar-refractivity contribution in [1.82, 2.24) is 0 Å². The van der Waals surface area contributed by atoms with Crippen molar-refractivity contribution in [2.75, 3.05) is 6.61 Å². The first-order valence-corrected chi connectivity index (χ1v) is 5.90. The van der Waals surface area contributed by atoms with Crippen molar-refractivity contribution in [3.05, 3.63) is 71.0 Å². The van der Waals surface area contributed by atoms with Crippen LogP contribution >= 0.6 is 0 Å². The Kier molecular flexibility index (Phi) is 4.22. The first kappa shape index (κ1) is 13.6. The molecular weight excluding hydrogens is 253 g/mol. The Hall–Kier alpha value is -1.81. The van der Waals surface area contributed by atoms with Crippen molar-refractivity contribution >= 4 is 0 Å². The lowest BCUT2D eigenvalue weighted by Gasteiger charge is -2.15. The maximum atomic E-state index is 13.1. The summed E-state index contributed by atoms with van der Waals surface area (Å²) in [6.07, 6.45) is 0.360. The molecule has 0 fully saturated rings. The van der Waals surface area contributed by atoms with E-state index in [1.54, 1.807) is 12.1 Å². The molecule has 0 saturated carbocycles. The molecule has 1 N–H and O–H groups in total. The molecule has 2 aromatic carbocycles. The molecule has 2 rings (SSSR count). The highest BCUT2D eigenvalue weighted by atomic mass is 19.2. The number of aliphatic hydroxyl groups is 1. The Balaban J connectivity index is 2.18. The average Bonchev–Trinajstić information content (AvgIpc) is 2.41. The largest absolute Gasteiger partial charge is 0.396 e. The lowest BCUT2D eigenvalue weighted by molar-refractivity contribution is 0.264. The number of rotatable bonds is 4. The normalized spacial score (nSPS) is 12.4. The molecule has 1 unspecified atom stereocenters. The van der Waals surface area contributed by atoms with Crippen molar-refractivity contribution in [3.8, 4) is 0 Å². The molecule has 0 heterocycles. The fourth-order valence-corrected chi connectivity index (χ4v) is 1.97. The standard InChI is InChI=1S/C15H13F3O/c16-13-4-2-11(3-5-13)12(9-19)7-10-1-6-14(17)15(18)8-10/h1-6,8,12,19H,7,9H2. The fourth-order valence-electron chi connectivity index (χ4n) is 1.97. The van der Waals surface area contributed by atoms with Crippen molar-refractivity contribution in [2.45, 2.75) is 12.3 Å². The van der Waals surface area contributed by atoms with E-state index in [4.69, 9.17) is 0 Å². The van der Waals surface area contributed by atoms with E-state index in [-0.39, 0.29) is 18.3 Å². The molecular formula is C15H13F3O. The minimum absolute atomic E-state index is 0.148. The van der Waals surface area contributed by atoms with Gasteiger partial charge in [-0.05, 0) is 41.8 Å². The first-order valence-electron chi connectivity index (χ1n) is 5.90. The number of halogens is 3. The van der Waals surface area contributed by atoms with Crippen molar-refractivity contribution in [3.63, 3.8) is 0 Å². The molecule has 0 aliphatic rings. The van der Waals surface area contributed by atoms with E-state index in [9.17, 15) is 18.3 Å². The molecule has 1 nitrogen and oxygen atoms in total. The van der Waals surface area contributed by atoms with Gasteiger partial charge in [0, 0.05) is 5.92 Å². The van der Waals surface area contributed by atoms with Crippen molar-refractivity contribution < 1.29 is 18.3 Å². The number of benzene rings is 2. The molecule has 0 aliphatic carbocycles. The maximum Gasteiger partial charge on any atom is 0.159 e. The molecule has 0 amide bonds. The molecule has 100 valence electrons. The fraction of sp³-hybridized carbons (Fsp3) is 0.200. The van der Waals surface area contributed by atoms with Crippen molar-refractivity contribution in [2.24, 2.45) is 0 Å². The molecule has 4 heteroatoms. The van der Waals surface area contributed by atoms with Gasteiger partial charge in [-0.3, -0.25) is 0 Å². The summed E-state index contributed by atoms with van der Waals surface area (Å²) < 4.78 is 38.7. The number of hydrogen-bond acceptors (Lipinski definition) is 1. The van der Waals surface area contributed by atoms with Gasteiger partial charge in [0.05, 0.1) is 6.61 Å². The summed E-state index contributed by atoms with van der Waals surface area (Å²) in [6, 6.07) is 9.43. The van der Waals surface area contributed by atoms with E-state index in [1.165, 1.54) is 18.2 Å². The van der Waals surface area contributed by atoms with Gasteiger partial charge >= 0.3 is 0 Å². The summed E-state index contributed by atoms with van der Waals surface area (Å²) in [7, 11) is 0. The molecule has 0 bridgehead atoms.